The van der Waals surface area contributed by atoms with Crippen LogP contribution in [0.15, 0.2) is 24.3 Å². The Morgan fingerprint density at radius 1 is 0.260 bits per heavy atom. The van der Waals surface area contributed by atoms with Crippen LogP contribution < -0.4 is 0 Å². The van der Waals surface area contributed by atoms with Crippen LogP contribution in [0.5, 0.6) is 0 Å². The molecule has 0 aliphatic rings. The maximum absolute atomic E-state index is 12.9. The Labute approximate surface area is 455 Å². The maximum Gasteiger partial charge on any atom is 0.306 e. The van der Waals surface area contributed by atoms with Gasteiger partial charge in [-0.15, -0.1) is 0 Å². The molecule has 0 aliphatic carbocycles. The van der Waals surface area contributed by atoms with Gasteiger partial charge in [0.15, 0.2) is 6.10 Å². The molecule has 0 aromatic rings. The van der Waals surface area contributed by atoms with Crippen molar-refractivity contribution in [2.75, 3.05) is 13.2 Å². The van der Waals surface area contributed by atoms with E-state index >= 15 is 0 Å². The van der Waals surface area contributed by atoms with E-state index < -0.39 is 6.10 Å². The van der Waals surface area contributed by atoms with Gasteiger partial charge >= 0.3 is 17.9 Å². The molecule has 6 nitrogen and oxygen atoms in total. The van der Waals surface area contributed by atoms with Gasteiger partial charge in [0, 0.05) is 19.3 Å². The average Bonchev–Trinajstić information content (AvgIpc) is 3.39. The van der Waals surface area contributed by atoms with Crippen LogP contribution in [-0.2, 0) is 28.6 Å². The molecule has 0 saturated carbocycles. The molecule has 0 spiro atoms. The lowest BCUT2D eigenvalue weighted by Crippen LogP contribution is -2.30. The second-order valence-electron chi connectivity index (χ2n) is 22.4. The summed E-state index contributed by atoms with van der Waals surface area (Å²) in [7, 11) is 0. The SMILES string of the molecule is CCCCCCCC/C=C\CCCCCCCCCCCCCC(=O)O[C@H](COC(=O)CCCCCCCCC/C=C\CCCCCCCC)COC(=O)CCCCCCCCCCCCCCCCCCC. The number of allylic oxidation sites excluding steroid dienone is 4. The number of ether oxygens (including phenoxy) is 3. The number of carbonyl (C=O) groups excluding carboxylic acids is 3. The van der Waals surface area contributed by atoms with Gasteiger partial charge in [0.25, 0.3) is 0 Å². The van der Waals surface area contributed by atoms with Gasteiger partial charge in [-0.05, 0) is 70.6 Å². The topological polar surface area (TPSA) is 78.9 Å². The molecule has 0 radical (unpaired) electrons. The standard InChI is InChI=1S/C67H126O6/c1-4-7-10-13-16-19-22-25-28-31-32-33-34-37-40-43-46-49-52-55-58-61-67(70)73-64(62-71-65(68)59-56-53-50-47-44-41-38-35-29-26-23-20-17-14-11-8-5-2)63-72-66(69)60-57-54-51-48-45-42-39-36-30-27-24-21-18-15-12-9-6-3/h25-26,28-29,64H,4-24,27,30-63H2,1-3H3/b28-25-,29-26-/t64-/m1/s1. The van der Waals surface area contributed by atoms with Crippen molar-refractivity contribution >= 4 is 17.9 Å². The van der Waals surface area contributed by atoms with Gasteiger partial charge in [-0.2, -0.15) is 0 Å². The van der Waals surface area contributed by atoms with E-state index in [9.17, 15) is 14.4 Å². The second-order valence-corrected chi connectivity index (χ2v) is 22.4. The van der Waals surface area contributed by atoms with Crippen LogP contribution in [0, 0.1) is 0 Å². The third-order valence-electron chi connectivity index (χ3n) is 14.9. The van der Waals surface area contributed by atoms with Crippen LogP contribution in [0.25, 0.3) is 0 Å². The number of hydrogen-bond acceptors (Lipinski definition) is 6. The Morgan fingerprint density at radius 2 is 0.452 bits per heavy atom. The Kier molecular flexibility index (Phi) is 60.6. The first-order valence-electron chi connectivity index (χ1n) is 32.8. The van der Waals surface area contributed by atoms with Gasteiger partial charge in [-0.1, -0.05) is 302 Å². The summed E-state index contributed by atoms with van der Waals surface area (Å²) in [4.78, 5) is 38.3. The largest absolute Gasteiger partial charge is 0.462 e. The first-order chi connectivity index (χ1) is 36.0. The highest BCUT2D eigenvalue weighted by atomic mass is 16.6. The monoisotopic (exact) mass is 1030 g/mol. The Morgan fingerprint density at radius 3 is 0.685 bits per heavy atom. The minimum atomic E-state index is -0.771. The van der Waals surface area contributed by atoms with E-state index in [-0.39, 0.29) is 31.1 Å². The molecule has 0 N–H and O–H groups in total. The van der Waals surface area contributed by atoms with Crippen molar-refractivity contribution in [1.29, 1.82) is 0 Å². The molecule has 6 heteroatoms. The van der Waals surface area contributed by atoms with Crippen molar-refractivity contribution in [1.82, 2.24) is 0 Å². The van der Waals surface area contributed by atoms with Crippen LogP contribution in [-0.4, -0.2) is 37.2 Å². The molecule has 0 aromatic carbocycles. The number of hydrogen-bond donors (Lipinski definition) is 0. The van der Waals surface area contributed by atoms with Crippen molar-refractivity contribution < 1.29 is 28.6 Å². The zero-order valence-electron chi connectivity index (χ0n) is 49.4. The van der Waals surface area contributed by atoms with Crippen LogP contribution in [0.2, 0.25) is 0 Å². The molecule has 0 aliphatic heterocycles. The first-order valence-corrected chi connectivity index (χ1v) is 32.8. The summed E-state index contributed by atoms with van der Waals surface area (Å²) in [6.07, 6.45) is 74.7. The minimum absolute atomic E-state index is 0.0674. The van der Waals surface area contributed by atoms with Crippen molar-refractivity contribution in [3.8, 4) is 0 Å². The summed E-state index contributed by atoms with van der Waals surface area (Å²) in [5.41, 5.74) is 0. The fourth-order valence-electron chi connectivity index (χ4n) is 9.97. The second kappa shape index (κ2) is 62.4. The molecule has 1 atom stereocenters. The molecular weight excluding hydrogens is 901 g/mol. The third kappa shape index (κ3) is 60.6. The summed E-state index contributed by atoms with van der Waals surface area (Å²) in [6, 6.07) is 0. The average molecular weight is 1030 g/mol. The Balaban J connectivity index is 4.31. The van der Waals surface area contributed by atoms with Gasteiger partial charge in [-0.3, -0.25) is 14.4 Å². The Bertz CT molecular complexity index is 1180. The minimum Gasteiger partial charge on any atom is -0.462 e. The predicted octanol–water partition coefficient (Wildman–Crippen LogP) is 22.2. The third-order valence-corrected chi connectivity index (χ3v) is 14.9. The van der Waals surface area contributed by atoms with Crippen LogP contribution in [0.3, 0.4) is 0 Å². The highest BCUT2D eigenvalue weighted by Gasteiger charge is 2.19. The Hall–Kier alpha value is -2.11. The van der Waals surface area contributed by atoms with Gasteiger partial charge in [-0.25, -0.2) is 0 Å². The summed E-state index contributed by atoms with van der Waals surface area (Å²) in [6.45, 7) is 6.70. The number of rotatable bonds is 61. The van der Waals surface area contributed by atoms with Crippen molar-refractivity contribution in [3.05, 3.63) is 24.3 Å². The zero-order valence-corrected chi connectivity index (χ0v) is 49.4. The lowest BCUT2D eigenvalue weighted by Gasteiger charge is -2.18. The molecule has 0 aromatic heterocycles. The zero-order chi connectivity index (χ0) is 52.9. The van der Waals surface area contributed by atoms with Gasteiger partial charge in [0.05, 0.1) is 0 Å². The van der Waals surface area contributed by atoms with Gasteiger partial charge < -0.3 is 14.2 Å². The number of carbonyl (C=O) groups is 3. The molecule has 73 heavy (non-hydrogen) atoms. The van der Waals surface area contributed by atoms with E-state index in [0.717, 1.165) is 57.8 Å². The highest BCUT2D eigenvalue weighted by Crippen LogP contribution is 2.18. The maximum atomic E-state index is 12.9. The predicted molar refractivity (Wildman–Crippen MR) is 316 cm³/mol. The molecule has 0 unspecified atom stereocenters. The quantitative estimate of drug-likeness (QED) is 0.0261. The molecule has 0 amide bonds. The van der Waals surface area contributed by atoms with Crippen LogP contribution in [0.1, 0.15) is 367 Å². The normalized spacial score (nSPS) is 12.1. The lowest BCUT2D eigenvalue weighted by molar-refractivity contribution is -0.167. The lowest BCUT2D eigenvalue weighted by atomic mass is 10.0. The molecule has 0 bridgehead atoms. The summed E-state index contributed by atoms with van der Waals surface area (Å²) < 4.78 is 17.0. The van der Waals surface area contributed by atoms with E-state index in [2.05, 4.69) is 45.1 Å². The van der Waals surface area contributed by atoms with Crippen molar-refractivity contribution in [2.45, 2.75) is 374 Å². The summed E-state index contributed by atoms with van der Waals surface area (Å²) >= 11 is 0. The summed E-state index contributed by atoms with van der Waals surface area (Å²) in [5, 5.41) is 0. The van der Waals surface area contributed by atoms with Gasteiger partial charge in [0.2, 0.25) is 0 Å². The van der Waals surface area contributed by atoms with Crippen molar-refractivity contribution in [2.24, 2.45) is 0 Å². The summed E-state index contributed by atoms with van der Waals surface area (Å²) in [5.74, 6) is -0.844. The number of esters is 3. The molecular formula is C67H126O6. The van der Waals surface area contributed by atoms with E-state index in [1.807, 2.05) is 0 Å². The fourth-order valence-corrected chi connectivity index (χ4v) is 9.97. The smallest absolute Gasteiger partial charge is 0.306 e. The van der Waals surface area contributed by atoms with E-state index in [0.29, 0.717) is 19.3 Å². The molecule has 0 saturated heterocycles. The fraction of sp³-hybridized carbons (Fsp3) is 0.896. The molecule has 430 valence electrons. The van der Waals surface area contributed by atoms with Crippen LogP contribution in [0.4, 0.5) is 0 Å². The first kappa shape index (κ1) is 70.9. The molecule has 0 fully saturated rings. The van der Waals surface area contributed by atoms with E-state index in [1.54, 1.807) is 0 Å². The van der Waals surface area contributed by atoms with E-state index in [4.69, 9.17) is 14.2 Å². The van der Waals surface area contributed by atoms with E-state index in [1.165, 1.54) is 270 Å². The van der Waals surface area contributed by atoms with Gasteiger partial charge in [0.1, 0.15) is 13.2 Å². The molecule has 0 heterocycles. The van der Waals surface area contributed by atoms with Crippen LogP contribution >= 0.6 is 0 Å². The highest BCUT2D eigenvalue weighted by molar-refractivity contribution is 5.71. The molecule has 0 rings (SSSR count). The van der Waals surface area contributed by atoms with Crippen molar-refractivity contribution in [3.63, 3.8) is 0 Å². The number of unbranched alkanes of at least 4 members (excludes halogenated alkanes) is 46.